The smallest absolute Gasteiger partial charge is 0.267 e. The molecule has 0 atom stereocenters. The highest BCUT2D eigenvalue weighted by Gasteiger charge is 2.25. The van der Waals surface area contributed by atoms with Crippen molar-refractivity contribution in [1.29, 1.82) is 0 Å². The fraction of sp³-hybridized carbons (Fsp3) is 0.278. The second-order valence-corrected chi connectivity index (χ2v) is 6.01. The van der Waals surface area contributed by atoms with Crippen LogP contribution in [0.2, 0.25) is 0 Å². The first-order valence-electron chi connectivity index (χ1n) is 8.13. The van der Waals surface area contributed by atoms with Crippen LogP contribution in [0.5, 0.6) is 0 Å². The predicted octanol–water partition coefficient (Wildman–Crippen LogP) is 2.35. The summed E-state index contributed by atoms with van der Waals surface area (Å²) < 4.78 is 20.3. The molecule has 0 bridgehead atoms. The normalized spacial score (nSPS) is 13.9. The van der Waals surface area contributed by atoms with Crippen LogP contribution in [0.4, 0.5) is 4.39 Å². The van der Waals surface area contributed by atoms with Crippen molar-refractivity contribution < 1.29 is 13.6 Å². The van der Waals surface area contributed by atoms with Gasteiger partial charge in [-0.05, 0) is 25.1 Å². The van der Waals surface area contributed by atoms with Gasteiger partial charge in [-0.3, -0.25) is 9.59 Å². The van der Waals surface area contributed by atoms with Gasteiger partial charge in [-0.15, -0.1) is 0 Å². The Morgan fingerprint density at radius 1 is 1.36 bits per heavy atom. The second kappa shape index (κ2) is 5.84. The number of carbonyl (C=O) groups is 1. The van der Waals surface area contributed by atoms with Crippen LogP contribution in [0, 0.1) is 5.82 Å². The monoisotopic (exact) mass is 341 g/mol. The number of furan rings is 1. The molecule has 1 aliphatic rings. The van der Waals surface area contributed by atoms with Gasteiger partial charge >= 0.3 is 0 Å². The Morgan fingerprint density at radius 3 is 3.00 bits per heavy atom. The molecule has 0 unspecified atom stereocenters. The van der Waals surface area contributed by atoms with Crippen molar-refractivity contribution >= 4 is 16.9 Å². The first-order valence-corrected chi connectivity index (χ1v) is 8.13. The Kier molecular flexibility index (Phi) is 3.63. The van der Waals surface area contributed by atoms with E-state index in [1.54, 1.807) is 17.0 Å². The third-order valence-corrected chi connectivity index (χ3v) is 4.53. The van der Waals surface area contributed by atoms with Gasteiger partial charge in [-0.1, -0.05) is 0 Å². The molecule has 0 spiro atoms. The van der Waals surface area contributed by atoms with Crippen LogP contribution in [0.1, 0.15) is 28.5 Å². The number of halogens is 1. The lowest BCUT2D eigenvalue weighted by Crippen LogP contribution is -2.38. The lowest BCUT2D eigenvalue weighted by atomic mass is 10.0. The molecule has 0 saturated carbocycles. The van der Waals surface area contributed by atoms with E-state index in [1.165, 1.54) is 23.1 Å². The van der Waals surface area contributed by atoms with Crippen LogP contribution < -0.4 is 5.56 Å². The molecule has 7 heteroatoms. The van der Waals surface area contributed by atoms with Gasteiger partial charge in [0, 0.05) is 43.1 Å². The van der Waals surface area contributed by atoms with Crippen LogP contribution in [0.3, 0.4) is 0 Å². The number of amides is 1. The van der Waals surface area contributed by atoms with E-state index < -0.39 is 5.82 Å². The summed E-state index contributed by atoms with van der Waals surface area (Å²) in [5, 5.41) is 4.81. The SMILES string of the molecule is CCn1nc2c(cc1=O)CN(C(=O)c1ccc(F)c3occc13)CC2. The molecule has 128 valence electrons. The molecular weight excluding hydrogens is 325 g/mol. The topological polar surface area (TPSA) is 68.3 Å². The van der Waals surface area contributed by atoms with Crippen molar-refractivity contribution in [3.05, 3.63) is 63.5 Å². The fourth-order valence-electron chi connectivity index (χ4n) is 3.22. The van der Waals surface area contributed by atoms with E-state index in [9.17, 15) is 14.0 Å². The molecule has 2 aromatic heterocycles. The van der Waals surface area contributed by atoms with Crippen molar-refractivity contribution in [3.8, 4) is 0 Å². The average molecular weight is 341 g/mol. The van der Waals surface area contributed by atoms with Gasteiger partial charge in [0.1, 0.15) is 0 Å². The maximum Gasteiger partial charge on any atom is 0.267 e. The maximum absolute atomic E-state index is 13.8. The van der Waals surface area contributed by atoms with Gasteiger partial charge in [0.2, 0.25) is 0 Å². The molecule has 3 heterocycles. The molecule has 25 heavy (non-hydrogen) atoms. The summed E-state index contributed by atoms with van der Waals surface area (Å²) >= 11 is 0. The van der Waals surface area contributed by atoms with E-state index in [2.05, 4.69) is 5.10 Å². The highest BCUT2D eigenvalue weighted by molar-refractivity contribution is 6.06. The van der Waals surface area contributed by atoms with Crippen molar-refractivity contribution in [2.75, 3.05) is 6.54 Å². The minimum atomic E-state index is -0.496. The number of hydrogen-bond donors (Lipinski definition) is 0. The summed E-state index contributed by atoms with van der Waals surface area (Å²) in [5.74, 6) is -0.707. The lowest BCUT2D eigenvalue weighted by molar-refractivity contribution is 0.0734. The molecule has 3 aromatic rings. The molecule has 4 rings (SSSR count). The van der Waals surface area contributed by atoms with E-state index in [0.29, 0.717) is 37.0 Å². The molecule has 1 aliphatic heterocycles. The first-order chi connectivity index (χ1) is 12.1. The molecular formula is C18H16FN3O3. The first kappa shape index (κ1) is 15.6. The molecule has 1 amide bonds. The summed E-state index contributed by atoms with van der Waals surface area (Å²) in [5.41, 5.74) is 1.91. The Bertz CT molecular complexity index is 1040. The number of nitrogens with zero attached hydrogens (tertiary/aromatic N) is 3. The zero-order valence-electron chi connectivity index (χ0n) is 13.7. The lowest BCUT2D eigenvalue weighted by Gasteiger charge is -2.28. The molecule has 0 fully saturated rings. The van der Waals surface area contributed by atoms with E-state index in [1.807, 2.05) is 6.92 Å². The van der Waals surface area contributed by atoms with Crippen LogP contribution in [-0.4, -0.2) is 27.1 Å². The maximum atomic E-state index is 13.8. The number of rotatable bonds is 2. The van der Waals surface area contributed by atoms with E-state index in [4.69, 9.17) is 4.42 Å². The molecule has 0 radical (unpaired) electrons. The van der Waals surface area contributed by atoms with Gasteiger partial charge in [-0.25, -0.2) is 9.07 Å². The quantitative estimate of drug-likeness (QED) is 0.717. The number of fused-ring (bicyclic) bond motifs is 2. The summed E-state index contributed by atoms with van der Waals surface area (Å²) in [7, 11) is 0. The van der Waals surface area contributed by atoms with Gasteiger partial charge in [0.25, 0.3) is 11.5 Å². The number of benzene rings is 1. The third-order valence-electron chi connectivity index (χ3n) is 4.53. The molecule has 0 saturated heterocycles. The van der Waals surface area contributed by atoms with Gasteiger partial charge < -0.3 is 9.32 Å². The summed E-state index contributed by atoms with van der Waals surface area (Å²) in [4.78, 5) is 26.5. The predicted molar refractivity (Wildman–Crippen MR) is 88.8 cm³/mol. The summed E-state index contributed by atoms with van der Waals surface area (Å²) in [6.45, 7) is 3.20. The highest BCUT2D eigenvalue weighted by atomic mass is 19.1. The zero-order valence-corrected chi connectivity index (χ0v) is 13.7. The Morgan fingerprint density at radius 2 is 2.20 bits per heavy atom. The highest BCUT2D eigenvalue weighted by Crippen LogP contribution is 2.26. The fourth-order valence-corrected chi connectivity index (χ4v) is 3.22. The van der Waals surface area contributed by atoms with Gasteiger partial charge in [0.15, 0.2) is 11.4 Å². The largest absolute Gasteiger partial charge is 0.461 e. The van der Waals surface area contributed by atoms with Crippen LogP contribution in [-0.2, 0) is 19.5 Å². The summed E-state index contributed by atoms with van der Waals surface area (Å²) in [6.07, 6.45) is 1.95. The Hall–Kier alpha value is -2.96. The number of carbonyl (C=O) groups excluding carboxylic acids is 1. The Labute approximate surface area is 142 Å². The van der Waals surface area contributed by atoms with Gasteiger partial charge in [0.05, 0.1) is 17.5 Å². The van der Waals surface area contributed by atoms with Crippen molar-refractivity contribution in [3.63, 3.8) is 0 Å². The second-order valence-electron chi connectivity index (χ2n) is 6.01. The van der Waals surface area contributed by atoms with Crippen molar-refractivity contribution in [2.45, 2.75) is 26.4 Å². The standard InChI is InChI=1S/C18H16FN3O3/c1-2-22-16(23)9-11-10-21(7-5-15(11)20-22)18(24)13-3-4-14(19)17-12(13)6-8-25-17/h3-4,6,8-9H,2,5,7,10H2,1H3. The third kappa shape index (κ3) is 2.52. The molecule has 0 aliphatic carbocycles. The zero-order chi connectivity index (χ0) is 17.6. The van der Waals surface area contributed by atoms with Crippen molar-refractivity contribution in [2.24, 2.45) is 0 Å². The minimum Gasteiger partial charge on any atom is -0.461 e. The molecule has 0 N–H and O–H groups in total. The van der Waals surface area contributed by atoms with Gasteiger partial charge in [-0.2, -0.15) is 5.10 Å². The van der Waals surface area contributed by atoms with E-state index >= 15 is 0 Å². The van der Waals surface area contributed by atoms with Crippen LogP contribution >= 0.6 is 0 Å². The minimum absolute atomic E-state index is 0.0794. The van der Waals surface area contributed by atoms with Crippen molar-refractivity contribution in [1.82, 2.24) is 14.7 Å². The molecule has 6 nitrogen and oxygen atoms in total. The number of aryl methyl sites for hydroxylation is 1. The van der Waals surface area contributed by atoms with E-state index in [-0.39, 0.29) is 17.0 Å². The average Bonchev–Trinajstić information content (AvgIpc) is 3.11. The van der Waals surface area contributed by atoms with Crippen LogP contribution in [0.25, 0.3) is 11.0 Å². The summed E-state index contributed by atoms with van der Waals surface area (Å²) in [6, 6.07) is 5.84. The Balaban J connectivity index is 1.68. The molecule has 1 aromatic carbocycles. The number of hydrogen-bond acceptors (Lipinski definition) is 4. The van der Waals surface area contributed by atoms with Crippen LogP contribution in [0.15, 0.2) is 39.7 Å². The number of aromatic nitrogens is 2. The van der Waals surface area contributed by atoms with E-state index in [0.717, 1.165) is 11.3 Å².